The van der Waals surface area contributed by atoms with Crippen LogP contribution in [0.5, 0.6) is 0 Å². The Hall–Kier alpha value is -2.60. The van der Waals surface area contributed by atoms with Crippen molar-refractivity contribution in [3.05, 3.63) is 64.3 Å². The molecule has 0 radical (unpaired) electrons. The Balaban J connectivity index is 1.98. The van der Waals surface area contributed by atoms with E-state index in [1.807, 2.05) is 51.1 Å². The van der Waals surface area contributed by atoms with Gasteiger partial charge in [-0.3, -0.25) is 0 Å². The molecule has 0 saturated heterocycles. The summed E-state index contributed by atoms with van der Waals surface area (Å²) in [7, 11) is 0. The Morgan fingerprint density at radius 1 is 1.22 bits per heavy atom. The predicted octanol–water partition coefficient (Wildman–Crippen LogP) is 5.47. The zero-order chi connectivity index (χ0) is 19.6. The second-order valence-electron chi connectivity index (χ2n) is 6.41. The van der Waals surface area contributed by atoms with Crippen molar-refractivity contribution in [1.82, 2.24) is 10.2 Å². The minimum atomic E-state index is 0.425. The van der Waals surface area contributed by atoms with Crippen molar-refractivity contribution >= 4 is 21.7 Å². The van der Waals surface area contributed by atoms with Crippen molar-refractivity contribution in [2.75, 3.05) is 0 Å². The molecule has 1 aromatic carbocycles. The van der Waals surface area contributed by atoms with Gasteiger partial charge >= 0.3 is 0 Å². The lowest BCUT2D eigenvalue weighted by Gasteiger charge is -2.03. The molecule has 1 aliphatic rings. The quantitative estimate of drug-likeness (QED) is 0.761. The smallest absolute Gasteiger partial charge is 0.257 e. The fourth-order valence-corrected chi connectivity index (χ4v) is 3.81. The normalized spacial score (nSPS) is 18.6. The second kappa shape index (κ2) is 7.96. The summed E-state index contributed by atoms with van der Waals surface area (Å²) < 4.78 is 5.94. The highest BCUT2D eigenvalue weighted by Gasteiger charge is 2.29. The van der Waals surface area contributed by atoms with E-state index in [-0.39, 0.29) is 0 Å². The van der Waals surface area contributed by atoms with Crippen molar-refractivity contribution in [2.24, 2.45) is 10.7 Å². The molecule has 1 aliphatic heterocycles. The molecule has 0 atom stereocenters. The van der Waals surface area contributed by atoms with E-state index in [0.29, 0.717) is 17.5 Å². The van der Waals surface area contributed by atoms with E-state index in [9.17, 15) is 0 Å². The van der Waals surface area contributed by atoms with Gasteiger partial charge < -0.3 is 10.2 Å². The Bertz CT molecular complexity index is 995. The molecule has 3 rings (SSSR count). The first kappa shape index (κ1) is 19.2. The zero-order valence-electron chi connectivity index (χ0n) is 16.3. The molecule has 0 unspecified atom stereocenters. The maximum Gasteiger partial charge on any atom is 0.257 e. The lowest BCUT2D eigenvalue weighted by atomic mass is 10.1. The van der Waals surface area contributed by atoms with Crippen molar-refractivity contribution in [3.8, 4) is 11.5 Å². The standard InChI is InChI=1S/C21H24N4OS/c1-6-12(3)14(5)23-21-15(7-2)17(22)18(27-21)20-25-24-19(26-20)16-11-9-8-10-13(16)4/h7-11H,6,22H2,1-5H3/b14-12-,15-7+,23-21+. The number of thioether (sulfide) groups is 1. The number of allylic oxidation sites excluding steroid dienone is 4. The van der Waals surface area contributed by atoms with Crippen LogP contribution >= 0.6 is 11.8 Å². The first-order chi connectivity index (χ1) is 13.0. The summed E-state index contributed by atoms with van der Waals surface area (Å²) in [5, 5.41) is 9.31. The Morgan fingerprint density at radius 2 is 1.93 bits per heavy atom. The third kappa shape index (κ3) is 3.76. The summed E-state index contributed by atoms with van der Waals surface area (Å²) in [5.74, 6) is 0.920. The van der Waals surface area contributed by atoms with Crippen molar-refractivity contribution < 1.29 is 4.42 Å². The van der Waals surface area contributed by atoms with Crippen molar-refractivity contribution in [3.63, 3.8) is 0 Å². The van der Waals surface area contributed by atoms with E-state index in [0.717, 1.165) is 38.8 Å². The first-order valence-corrected chi connectivity index (χ1v) is 9.77. The third-order valence-electron chi connectivity index (χ3n) is 4.66. The van der Waals surface area contributed by atoms with Gasteiger partial charge in [0.2, 0.25) is 5.89 Å². The summed E-state index contributed by atoms with van der Waals surface area (Å²) in [5.41, 5.74) is 12.2. The summed E-state index contributed by atoms with van der Waals surface area (Å²) >= 11 is 1.48. The molecule has 5 nitrogen and oxygen atoms in total. The minimum Gasteiger partial charge on any atom is -0.415 e. The SMILES string of the molecule is C\C=C1/C(N)=C(c2nnc(-c3ccccc3C)o2)S/C1=N/C(C)=C(/C)CC. The van der Waals surface area contributed by atoms with E-state index < -0.39 is 0 Å². The average Bonchev–Trinajstić information content (AvgIpc) is 3.26. The monoisotopic (exact) mass is 380 g/mol. The lowest BCUT2D eigenvalue weighted by molar-refractivity contribution is 0.555. The van der Waals surface area contributed by atoms with Crippen LogP contribution < -0.4 is 5.73 Å². The number of aromatic nitrogens is 2. The first-order valence-electron chi connectivity index (χ1n) is 8.95. The van der Waals surface area contributed by atoms with Crippen LogP contribution in [0.3, 0.4) is 0 Å². The largest absolute Gasteiger partial charge is 0.415 e. The third-order valence-corrected chi connectivity index (χ3v) is 5.77. The molecule has 0 amide bonds. The van der Waals surface area contributed by atoms with Crippen LogP contribution in [0.25, 0.3) is 16.4 Å². The number of hydrogen-bond donors (Lipinski definition) is 1. The molecule has 0 spiro atoms. The molecule has 2 N–H and O–H groups in total. The van der Waals surface area contributed by atoms with Crippen molar-refractivity contribution in [1.29, 1.82) is 0 Å². The highest BCUT2D eigenvalue weighted by atomic mass is 32.2. The highest BCUT2D eigenvalue weighted by molar-refractivity contribution is 8.22. The molecule has 0 fully saturated rings. The molecule has 0 aliphatic carbocycles. The van der Waals surface area contributed by atoms with Gasteiger partial charge in [0.15, 0.2) is 0 Å². The second-order valence-corrected chi connectivity index (χ2v) is 7.41. The number of aliphatic imine (C=N–C) groups is 1. The highest BCUT2D eigenvalue weighted by Crippen LogP contribution is 2.42. The van der Waals surface area contributed by atoms with E-state index in [4.69, 9.17) is 15.1 Å². The van der Waals surface area contributed by atoms with Gasteiger partial charge in [-0.2, -0.15) is 0 Å². The molecule has 0 saturated carbocycles. The maximum absolute atomic E-state index is 6.38. The van der Waals surface area contributed by atoms with Crippen LogP contribution in [0.15, 0.2) is 62.3 Å². The molecule has 27 heavy (non-hydrogen) atoms. The summed E-state index contributed by atoms with van der Waals surface area (Å²) in [6.45, 7) is 10.2. The molecule has 140 valence electrons. The van der Waals surface area contributed by atoms with Crippen LogP contribution in [-0.2, 0) is 0 Å². The van der Waals surface area contributed by atoms with E-state index in [2.05, 4.69) is 24.0 Å². The van der Waals surface area contributed by atoms with E-state index >= 15 is 0 Å². The summed E-state index contributed by atoms with van der Waals surface area (Å²) in [4.78, 5) is 5.54. The van der Waals surface area contributed by atoms with Crippen LogP contribution in [0.2, 0.25) is 0 Å². The summed E-state index contributed by atoms with van der Waals surface area (Å²) in [6.07, 6.45) is 2.94. The number of hydrogen-bond acceptors (Lipinski definition) is 6. The van der Waals surface area contributed by atoms with Gasteiger partial charge in [-0.1, -0.05) is 48.5 Å². The van der Waals surface area contributed by atoms with Crippen LogP contribution in [0.1, 0.15) is 45.6 Å². The Kier molecular flexibility index (Phi) is 5.65. The van der Waals surface area contributed by atoms with Gasteiger partial charge in [-0.25, -0.2) is 4.99 Å². The zero-order valence-corrected chi connectivity index (χ0v) is 17.1. The number of rotatable bonds is 4. The van der Waals surface area contributed by atoms with Gasteiger partial charge in [0.1, 0.15) is 9.95 Å². The Labute approximate surface area is 164 Å². The molecular formula is C21H24N4OS. The van der Waals surface area contributed by atoms with Crippen LogP contribution in [0.4, 0.5) is 0 Å². The van der Waals surface area contributed by atoms with E-state index in [1.165, 1.54) is 17.3 Å². The molecular weight excluding hydrogens is 356 g/mol. The minimum absolute atomic E-state index is 0.425. The van der Waals surface area contributed by atoms with Gasteiger partial charge in [0.05, 0.1) is 5.70 Å². The van der Waals surface area contributed by atoms with Gasteiger partial charge in [0.25, 0.3) is 5.89 Å². The van der Waals surface area contributed by atoms with Crippen LogP contribution in [-0.4, -0.2) is 15.2 Å². The lowest BCUT2D eigenvalue weighted by Crippen LogP contribution is -2.03. The van der Waals surface area contributed by atoms with E-state index in [1.54, 1.807) is 0 Å². The number of aryl methyl sites for hydroxylation is 1. The topological polar surface area (TPSA) is 77.3 Å². The molecule has 2 heterocycles. The van der Waals surface area contributed by atoms with Gasteiger partial charge in [-0.05, 0) is 45.7 Å². The van der Waals surface area contributed by atoms with Gasteiger partial charge in [0, 0.05) is 16.8 Å². The molecule has 0 bridgehead atoms. The fraction of sp³-hybridized carbons (Fsp3) is 0.286. The molecule has 6 heteroatoms. The van der Waals surface area contributed by atoms with Crippen LogP contribution in [0, 0.1) is 6.92 Å². The Morgan fingerprint density at radius 3 is 2.59 bits per heavy atom. The number of benzene rings is 1. The average molecular weight is 381 g/mol. The molecule has 1 aromatic heterocycles. The number of nitrogens with two attached hydrogens (primary N) is 1. The predicted molar refractivity (Wildman–Crippen MR) is 113 cm³/mol. The fourth-order valence-electron chi connectivity index (χ4n) is 2.71. The van der Waals surface area contributed by atoms with Crippen molar-refractivity contribution in [2.45, 2.75) is 41.0 Å². The molecule has 2 aromatic rings. The summed E-state index contributed by atoms with van der Waals surface area (Å²) in [6, 6.07) is 7.93. The number of nitrogens with zero attached hydrogens (tertiary/aromatic N) is 3. The van der Waals surface area contributed by atoms with Gasteiger partial charge in [-0.15, -0.1) is 10.2 Å². The maximum atomic E-state index is 6.38.